The van der Waals surface area contributed by atoms with Gasteiger partial charge in [-0.05, 0) is 19.3 Å². The number of aliphatic hydroxyl groups excluding tert-OH is 1. The Morgan fingerprint density at radius 1 is 1.67 bits per heavy atom. The van der Waals surface area contributed by atoms with Crippen LogP contribution in [0.15, 0.2) is 12.7 Å². The molecule has 3 nitrogen and oxygen atoms in total. The zero-order chi connectivity index (χ0) is 8.97. The second-order valence-corrected chi connectivity index (χ2v) is 3.22. The van der Waals surface area contributed by atoms with Crippen LogP contribution in [0.3, 0.4) is 0 Å². The maximum Gasteiger partial charge on any atom is 0.220 e. The van der Waals surface area contributed by atoms with Crippen LogP contribution in [0, 0.1) is 0 Å². The van der Waals surface area contributed by atoms with Gasteiger partial charge in [-0.25, -0.2) is 0 Å². The SMILES string of the molecule is C=CCCC(=O)NC1CC(O)C1. The first-order valence-corrected chi connectivity index (χ1v) is 4.30. The number of allylic oxidation sites excluding steroid dienone is 1. The smallest absolute Gasteiger partial charge is 0.220 e. The highest BCUT2D eigenvalue weighted by Gasteiger charge is 2.27. The van der Waals surface area contributed by atoms with Crippen molar-refractivity contribution >= 4 is 5.91 Å². The molecule has 0 unspecified atom stereocenters. The maximum absolute atomic E-state index is 11.1. The van der Waals surface area contributed by atoms with E-state index in [1.165, 1.54) is 0 Å². The molecule has 0 spiro atoms. The van der Waals surface area contributed by atoms with Crippen LogP contribution in [-0.4, -0.2) is 23.2 Å². The Hall–Kier alpha value is -0.830. The molecule has 2 N–H and O–H groups in total. The largest absolute Gasteiger partial charge is 0.393 e. The van der Waals surface area contributed by atoms with E-state index in [1.54, 1.807) is 6.08 Å². The van der Waals surface area contributed by atoms with Crippen molar-refractivity contribution < 1.29 is 9.90 Å². The predicted molar refractivity (Wildman–Crippen MR) is 46.6 cm³/mol. The normalized spacial score (nSPS) is 27.4. The van der Waals surface area contributed by atoms with E-state index in [2.05, 4.69) is 11.9 Å². The van der Waals surface area contributed by atoms with Gasteiger partial charge in [-0.2, -0.15) is 0 Å². The van der Waals surface area contributed by atoms with E-state index in [0.29, 0.717) is 19.3 Å². The summed E-state index contributed by atoms with van der Waals surface area (Å²) in [6, 6.07) is 0.206. The number of amides is 1. The van der Waals surface area contributed by atoms with Crippen LogP contribution in [0.2, 0.25) is 0 Å². The molecular weight excluding hydrogens is 154 g/mol. The molecule has 0 heterocycles. The van der Waals surface area contributed by atoms with Crippen LogP contribution >= 0.6 is 0 Å². The molecule has 68 valence electrons. The monoisotopic (exact) mass is 169 g/mol. The lowest BCUT2D eigenvalue weighted by atomic mass is 9.89. The third-order valence-corrected chi connectivity index (χ3v) is 2.05. The zero-order valence-corrected chi connectivity index (χ0v) is 7.12. The number of carbonyl (C=O) groups excluding carboxylic acids is 1. The lowest BCUT2D eigenvalue weighted by molar-refractivity contribution is -0.123. The average molecular weight is 169 g/mol. The molecule has 0 bridgehead atoms. The minimum Gasteiger partial charge on any atom is -0.393 e. The van der Waals surface area contributed by atoms with Gasteiger partial charge in [-0.3, -0.25) is 4.79 Å². The van der Waals surface area contributed by atoms with E-state index in [1.807, 2.05) is 0 Å². The van der Waals surface area contributed by atoms with Crippen LogP contribution < -0.4 is 5.32 Å². The minimum absolute atomic E-state index is 0.0619. The van der Waals surface area contributed by atoms with Crippen LogP contribution in [0.1, 0.15) is 25.7 Å². The summed E-state index contributed by atoms with van der Waals surface area (Å²) in [4.78, 5) is 11.1. The Bertz CT molecular complexity index is 173. The third-order valence-electron chi connectivity index (χ3n) is 2.05. The second kappa shape index (κ2) is 4.26. The van der Waals surface area contributed by atoms with E-state index in [0.717, 1.165) is 6.42 Å². The molecule has 1 amide bonds. The first-order valence-electron chi connectivity index (χ1n) is 4.30. The highest BCUT2D eigenvalue weighted by Crippen LogP contribution is 2.19. The molecule has 0 atom stereocenters. The quantitative estimate of drug-likeness (QED) is 0.605. The standard InChI is InChI=1S/C9H15NO2/c1-2-3-4-9(12)10-7-5-8(11)6-7/h2,7-8,11H,1,3-6H2,(H,10,12). The topological polar surface area (TPSA) is 49.3 Å². The van der Waals surface area contributed by atoms with Gasteiger partial charge in [0.15, 0.2) is 0 Å². The minimum atomic E-state index is -0.199. The first kappa shape index (κ1) is 9.26. The molecule has 0 aromatic carbocycles. The average Bonchev–Trinajstić information content (AvgIpc) is 1.98. The van der Waals surface area contributed by atoms with Gasteiger partial charge < -0.3 is 10.4 Å². The third kappa shape index (κ3) is 2.66. The molecule has 0 aliphatic heterocycles. The lowest BCUT2D eigenvalue weighted by Crippen LogP contribution is -2.46. The zero-order valence-electron chi connectivity index (χ0n) is 7.12. The number of nitrogens with one attached hydrogen (secondary N) is 1. The molecule has 0 aromatic heterocycles. The summed E-state index contributed by atoms with van der Waals surface area (Å²) in [7, 11) is 0. The van der Waals surface area contributed by atoms with Gasteiger partial charge in [-0.15, -0.1) is 6.58 Å². The maximum atomic E-state index is 11.1. The molecule has 1 aliphatic carbocycles. The van der Waals surface area contributed by atoms with Crippen molar-refractivity contribution in [2.45, 2.75) is 37.8 Å². The van der Waals surface area contributed by atoms with Gasteiger partial charge in [0.2, 0.25) is 5.91 Å². The van der Waals surface area contributed by atoms with Crippen molar-refractivity contribution in [3.63, 3.8) is 0 Å². The molecule has 1 fully saturated rings. The number of hydrogen-bond donors (Lipinski definition) is 2. The van der Waals surface area contributed by atoms with Crippen molar-refractivity contribution in [1.82, 2.24) is 5.32 Å². The molecular formula is C9H15NO2. The van der Waals surface area contributed by atoms with Gasteiger partial charge in [0.1, 0.15) is 0 Å². The summed E-state index contributed by atoms with van der Waals surface area (Å²) in [5.74, 6) is 0.0619. The highest BCUT2D eigenvalue weighted by atomic mass is 16.3. The van der Waals surface area contributed by atoms with Crippen LogP contribution in [-0.2, 0) is 4.79 Å². The van der Waals surface area contributed by atoms with Crippen LogP contribution in [0.4, 0.5) is 0 Å². The summed E-state index contributed by atoms with van der Waals surface area (Å²) in [6.45, 7) is 3.54. The Labute approximate surface area is 72.5 Å². The van der Waals surface area contributed by atoms with Crippen LogP contribution in [0.25, 0.3) is 0 Å². The van der Waals surface area contributed by atoms with E-state index >= 15 is 0 Å². The Morgan fingerprint density at radius 2 is 2.33 bits per heavy atom. The highest BCUT2D eigenvalue weighted by molar-refractivity contribution is 5.76. The van der Waals surface area contributed by atoms with Crippen molar-refractivity contribution in [2.24, 2.45) is 0 Å². The van der Waals surface area contributed by atoms with E-state index in [4.69, 9.17) is 5.11 Å². The fraction of sp³-hybridized carbons (Fsp3) is 0.667. The van der Waals surface area contributed by atoms with E-state index < -0.39 is 0 Å². The van der Waals surface area contributed by atoms with Crippen LogP contribution in [0.5, 0.6) is 0 Å². The van der Waals surface area contributed by atoms with E-state index in [-0.39, 0.29) is 18.1 Å². The Morgan fingerprint density at radius 3 is 2.83 bits per heavy atom. The second-order valence-electron chi connectivity index (χ2n) is 3.22. The van der Waals surface area contributed by atoms with Gasteiger partial charge in [0.05, 0.1) is 6.10 Å². The van der Waals surface area contributed by atoms with E-state index in [9.17, 15) is 4.79 Å². The Balaban J connectivity index is 2.06. The number of hydrogen-bond acceptors (Lipinski definition) is 2. The Kier molecular flexibility index (Phi) is 3.29. The molecule has 0 radical (unpaired) electrons. The first-order chi connectivity index (χ1) is 5.72. The predicted octanol–water partition coefficient (Wildman–Crippen LogP) is 0.592. The summed E-state index contributed by atoms with van der Waals surface area (Å²) >= 11 is 0. The fourth-order valence-electron chi connectivity index (χ4n) is 1.24. The number of carbonyl (C=O) groups is 1. The molecule has 1 saturated carbocycles. The van der Waals surface area contributed by atoms with Crippen molar-refractivity contribution in [2.75, 3.05) is 0 Å². The molecule has 1 aliphatic rings. The van der Waals surface area contributed by atoms with Crippen molar-refractivity contribution in [3.8, 4) is 0 Å². The molecule has 0 saturated heterocycles. The van der Waals surface area contributed by atoms with Gasteiger partial charge in [-0.1, -0.05) is 6.08 Å². The van der Waals surface area contributed by atoms with Crippen molar-refractivity contribution in [3.05, 3.63) is 12.7 Å². The lowest BCUT2D eigenvalue weighted by Gasteiger charge is -2.31. The van der Waals surface area contributed by atoms with Crippen molar-refractivity contribution in [1.29, 1.82) is 0 Å². The molecule has 0 aromatic rings. The summed E-state index contributed by atoms with van der Waals surface area (Å²) in [5, 5.41) is 11.8. The summed E-state index contributed by atoms with van der Waals surface area (Å²) < 4.78 is 0. The number of rotatable bonds is 4. The molecule has 1 rings (SSSR count). The summed E-state index contributed by atoms with van der Waals surface area (Å²) in [6.07, 6.45) is 4.18. The summed E-state index contributed by atoms with van der Waals surface area (Å²) in [5.41, 5.74) is 0. The van der Waals surface area contributed by atoms with Gasteiger partial charge in [0.25, 0.3) is 0 Å². The van der Waals surface area contributed by atoms with Gasteiger partial charge >= 0.3 is 0 Å². The molecule has 3 heteroatoms. The number of aliphatic hydroxyl groups is 1. The van der Waals surface area contributed by atoms with Gasteiger partial charge in [0, 0.05) is 12.5 Å². The fourth-order valence-corrected chi connectivity index (χ4v) is 1.24. The molecule has 12 heavy (non-hydrogen) atoms.